The summed E-state index contributed by atoms with van der Waals surface area (Å²) in [6, 6.07) is 15.4. The number of halogens is 2. The second-order valence-corrected chi connectivity index (χ2v) is 9.08. The summed E-state index contributed by atoms with van der Waals surface area (Å²) in [7, 11) is 1.66. The first-order valence-corrected chi connectivity index (χ1v) is 10.4. The molecule has 27 heavy (non-hydrogen) atoms. The summed E-state index contributed by atoms with van der Waals surface area (Å²) in [4.78, 5) is 13.4. The third kappa shape index (κ3) is 5.79. The SMILES string of the molecule is COCc1ccccc1CNC(=O)Nc1ccccc1SCC1CC1(Cl)Cl. The maximum Gasteiger partial charge on any atom is 0.319 e. The van der Waals surface area contributed by atoms with Gasteiger partial charge < -0.3 is 15.4 Å². The van der Waals surface area contributed by atoms with Crippen LogP contribution in [0.25, 0.3) is 0 Å². The Labute approximate surface area is 174 Å². The van der Waals surface area contributed by atoms with Gasteiger partial charge in [-0.25, -0.2) is 4.79 Å². The molecule has 0 bridgehead atoms. The van der Waals surface area contributed by atoms with Gasteiger partial charge in [-0.3, -0.25) is 0 Å². The average Bonchev–Trinajstić information content (AvgIpc) is 3.27. The maximum atomic E-state index is 12.4. The third-order valence-electron chi connectivity index (χ3n) is 4.39. The Bertz CT molecular complexity index is 801. The number of rotatable bonds is 8. The predicted molar refractivity (Wildman–Crippen MR) is 113 cm³/mol. The molecule has 1 saturated carbocycles. The van der Waals surface area contributed by atoms with Crippen molar-refractivity contribution in [1.82, 2.24) is 5.32 Å². The number of urea groups is 1. The van der Waals surface area contributed by atoms with Crippen LogP contribution in [0.3, 0.4) is 0 Å². The van der Waals surface area contributed by atoms with E-state index < -0.39 is 4.33 Å². The maximum absolute atomic E-state index is 12.4. The number of nitrogens with one attached hydrogen (secondary N) is 2. The van der Waals surface area contributed by atoms with Gasteiger partial charge in [0.15, 0.2) is 0 Å². The van der Waals surface area contributed by atoms with Crippen molar-refractivity contribution in [3.05, 3.63) is 59.7 Å². The van der Waals surface area contributed by atoms with Crippen molar-refractivity contribution in [2.45, 2.75) is 28.8 Å². The number of carbonyl (C=O) groups excluding carboxylic acids is 1. The molecule has 2 N–H and O–H groups in total. The van der Waals surface area contributed by atoms with E-state index in [-0.39, 0.29) is 6.03 Å². The molecule has 0 aliphatic heterocycles. The topological polar surface area (TPSA) is 50.4 Å². The highest BCUT2D eigenvalue weighted by molar-refractivity contribution is 7.99. The van der Waals surface area contributed by atoms with Crippen LogP contribution in [-0.4, -0.2) is 23.2 Å². The summed E-state index contributed by atoms with van der Waals surface area (Å²) in [5.74, 6) is 1.13. The van der Waals surface area contributed by atoms with E-state index in [2.05, 4.69) is 10.6 Å². The first kappa shape index (κ1) is 20.3. The number of thioether (sulfide) groups is 1. The Balaban J connectivity index is 1.55. The highest BCUT2D eigenvalue weighted by Crippen LogP contribution is 2.55. The molecule has 1 fully saturated rings. The number of alkyl halides is 2. The van der Waals surface area contributed by atoms with E-state index in [1.54, 1.807) is 18.9 Å². The molecule has 1 aliphatic carbocycles. The van der Waals surface area contributed by atoms with Crippen molar-refractivity contribution in [3.8, 4) is 0 Å². The number of anilines is 1. The van der Waals surface area contributed by atoms with Crippen LogP contribution in [0.2, 0.25) is 0 Å². The lowest BCUT2D eigenvalue weighted by Gasteiger charge is -2.13. The molecule has 2 amide bonds. The van der Waals surface area contributed by atoms with Gasteiger partial charge in [0.1, 0.15) is 4.33 Å². The Kier molecular flexibility index (Phi) is 6.93. The molecule has 1 aliphatic rings. The van der Waals surface area contributed by atoms with E-state index in [1.165, 1.54) is 0 Å². The lowest BCUT2D eigenvalue weighted by atomic mass is 10.1. The zero-order chi connectivity index (χ0) is 19.3. The van der Waals surface area contributed by atoms with Crippen molar-refractivity contribution in [2.24, 2.45) is 5.92 Å². The molecule has 0 saturated heterocycles. The molecule has 1 unspecified atom stereocenters. The van der Waals surface area contributed by atoms with E-state index in [9.17, 15) is 4.79 Å². The minimum absolute atomic E-state index is 0.245. The Morgan fingerprint density at radius 1 is 1.19 bits per heavy atom. The molecule has 2 aromatic rings. The lowest BCUT2D eigenvalue weighted by molar-refractivity contribution is 0.184. The number of hydrogen-bond acceptors (Lipinski definition) is 3. The second kappa shape index (κ2) is 9.20. The minimum Gasteiger partial charge on any atom is -0.380 e. The molecule has 1 atom stereocenters. The molecule has 7 heteroatoms. The normalized spacial score (nSPS) is 17.4. The van der Waals surface area contributed by atoms with Crippen molar-refractivity contribution >= 4 is 46.7 Å². The van der Waals surface area contributed by atoms with Gasteiger partial charge in [-0.05, 0) is 29.7 Å². The fourth-order valence-electron chi connectivity index (χ4n) is 2.70. The number of hydrogen-bond donors (Lipinski definition) is 2. The van der Waals surface area contributed by atoms with E-state index in [0.717, 1.165) is 33.9 Å². The first-order chi connectivity index (χ1) is 13.0. The fraction of sp³-hybridized carbons (Fsp3) is 0.350. The molecule has 0 heterocycles. The zero-order valence-electron chi connectivity index (χ0n) is 15.0. The van der Waals surface area contributed by atoms with Crippen molar-refractivity contribution < 1.29 is 9.53 Å². The van der Waals surface area contributed by atoms with Crippen LogP contribution in [0.5, 0.6) is 0 Å². The molecule has 4 nitrogen and oxygen atoms in total. The second-order valence-electron chi connectivity index (χ2n) is 6.48. The number of methoxy groups -OCH3 is 1. The highest BCUT2D eigenvalue weighted by atomic mass is 35.5. The van der Waals surface area contributed by atoms with Crippen LogP contribution in [-0.2, 0) is 17.9 Å². The monoisotopic (exact) mass is 424 g/mol. The largest absolute Gasteiger partial charge is 0.380 e. The quantitative estimate of drug-likeness (QED) is 0.437. The number of ether oxygens (including phenoxy) is 1. The zero-order valence-corrected chi connectivity index (χ0v) is 17.3. The van der Waals surface area contributed by atoms with Crippen LogP contribution in [0.1, 0.15) is 17.5 Å². The molecular formula is C20H22Cl2N2O2S. The standard InChI is InChI=1S/C20H22Cl2N2O2S/c1-26-12-15-7-3-2-6-14(15)11-23-19(25)24-17-8-4-5-9-18(17)27-13-16-10-20(16,21)22/h2-9,16H,10-13H2,1H3,(H2,23,24,25). The van der Waals surface area contributed by atoms with E-state index in [1.807, 2.05) is 48.5 Å². The Morgan fingerprint density at radius 3 is 2.56 bits per heavy atom. The van der Waals surface area contributed by atoms with Gasteiger partial charge in [0, 0.05) is 30.2 Å². The summed E-state index contributed by atoms with van der Waals surface area (Å²) in [6.07, 6.45) is 0.820. The Hall–Kier alpha value is -1.40. The van der Waals surface area contributed by atoms with Gasteiger partial charge in [-0.1, -0.05) is 36.4 Å². The molecular weight excluding hydrogens is 403 g/mol. The van der Waals surface area contributed by atoms with Crippen LogP contribution in [0, 0.1) is 5.92 Å². The summed E-state index contributed by atoms with van der Waals surface area (Å²) < 4.78 is 4.62. The number of amides is 2. The molecule has 0 spiro atoms. The van der Waals surface area contributed by atoms with Gasteiger partial charge in [-0.2, -0.15) is 0 Å². The summed E-state index contributed by atoms with van der Waals surface area (Å²) >= 11 is 13.8. The van der Waals surface area contributed by atoms with Gasteiger partial charge in [0.05, 0.1) is 12.3 Å². The van der Waals surface area contributed by atoms with E-state index in [0.29, 0.717) is 19.1 Å². The lowest BCUT2D eigenvalue weighted by Crippen LogP contribution is -2.28. The molecule has 144 valence electrons. The van der Waals surface area contributed by atoms with Crippen molar-refractivity contribution in [1.29, 1.82) is 0 Å². The van der Waals surface area contributed by atoms with Crippen molar-refractivity contribution in [3.63, 3.8) is 0 Å². The van der Waals surface area contributed by atoms with E-state index in [4.69, 9.17) is 27.9 Å². The van der Waals surface area contributed by atoms with E-state index >= 15 is 0 Å². The predicted octanol–water partition coefficient (Wildman–Crippen LogP) is 5.44. The van der Waals surface area contributed by atoms with Gasteiger partial charge in [0.2, 0.25) is 0 Å². The number of carbonyl (C=O) groups is 1. The Morgan fingerprint density at radius 2 is 1.85 bits per heavy atom. The van der Waals surface area contributed by atoms with Crippen LogP contribution >= 0.6 is 35.0 Å². The number of benzene rings is 2. The highest BCUT2D eigenvalue weighted by Gasteiger charge is 2.51. The average molecular weight is 425 g/mol. The molecule has 2 aromatic carbocycles. The van der Waals surface area contributed by atoms with Crippen LogP contribution < -0.4 is 10.6 Å². The molecule has 0 aromatic heterocycles. The third-order valence-corrected chi connectivity index (χ3v) is 6.55. The summed E-state index contributed by atoms with van der Waals surface area (Å²) in [5.41, 5.74) is 2.87. The summed E-state index contributed by atoms with van der Waals surface area (Å²) in [5, 5.41) is 5.84. The van der Waals surface area contributed by atoms with Crippen molar-refractivity contribution in [2.75, 3.05) is 18.2 Å². The molecule has 0 radical (unpaired) electrons. The van der Waals surface area contributed by atoms with Crippen LogP contribution in [0.15, 0.2) is 53.4 Å². The number of para-hydroxylation sites is 1. The van der Waals surface area contributed by atoms with Crippen LogP contribution in [0.4, 0.5) is 10.5 Å². The first-order valence-electron chi connectivity index (χ1n) is 8.70. The fourth-order valence-corrected chi connectivity index (χ4v) is 4.65. The summed E-state index contributed by atoms with van der Waals surface area (Å²) in [6.45, 7) is 0.951. The molecule has 3 rings (SSSR count). The van der Waals surface area contributed by atoms with Gasteiger partial charge in [-0.15, -0.1) is 35.0 Å². The smallest absolute Gasteiger partial charge is 0.319 e. The van der Waals surface area contributed by atoms with Gasteiger partial charge in [0.25, 0.3) is 0 Å². The van der Waals surface area contributed by atoms with Gasteiger partial charge >= 0.3 is 6.03 Å². The minimum atomic E-state index is -0.581.